The number of halogens is 2. The van der Waals surface area contributed by atoms with Gasteiger partial charge in [-0.2, -0.15) is 0 Å². The van der Waals surface area contributed by atoms with Gasteiger partial charge in [0.05, 0.1) is 0 Å². The highest BCUT2D eigenvalue weighted by molar-refractivity contribution is 9.10. The molecule has 1 aliphatic heterocycles. The summed E-state index contributed by atoms with van der Waals surface area (Å²) < 4.78 is 1.26. The van der Waals surface area contributed by atoms with Gasteiger partial charge in [-0.15, -0.1) is 23.7 Å². The van der Waals surface area contributed by atoms with Gasteiger partial charge in [-0.1, -0.05) is 0 Å². The lowest BCUT2D eigenvalue weighted by Crippen LogP contribution is -2.43. The summed E-state index contributed by atoms with van der Waals surface area (Å²) in [6.07, 6.45) is 2.63. The van der Waals surface area contributed by atoms with Crippen molar-refractivity contribution >= 4 is 39.7 Å². The second kappa shape index (κ2) is 6.97. The molecule has 1 saturated heterocycles. The SMILES string of the molecule is CNC1CCCN(Cc2sccc2Br)C1.Cl. The van der Waals surface area contributed by atoms with Crippen LogP contribution in [0.2, 0.25) is 0 Å². The van der Waals surface area contributed by atoms with Crippen LogP contribution in [0.3, 0.4) is 0 Å². The van der Waals surface area contributed by atoms with Crippen molar-refractivity contribution in [2.24, 2.45) is 0 Å². The van der Waals surface area contributed by atoms with Crippen LogP contribution < -0.4 is 5.32 Å². The van der Waals surface area contributed by atoms with Gasteiger partial charge in [-0.3, -0.25) is 4.90 Å². The molecule has 0 amide bonds. The summed E-state index contributed by atoms with van der Waals surface area (Å²) in [5, 5.41) is 5.53. The molecule has 1 aromatic rings. The van der Waals surface area contributed by atoms with Crippen molar-refractivity contribution in [2.45, 2.75) is 25.4 Å². The molecule has 0 aromatic carbocycles. The maximum Gasteiger partial charge on any atom is 0.0339 e. The zero-order chi connectivity index (χ0) is 10.7. The van der Waals surface area contributed by atoms with Crippen molar-refractivity contribution in [3.8, 4) is 0 Å². The highest BCUT2D eigenvalue weighted by atomic mass is 79.9. The fraction of sp³-hybridized carbons (Fsp3) is 0.636. The first-order valence-electron chi connectivity index (χ1n) is 5.41. The summed E-state index contributed by atoms with van der Waals surface area (Å²) in [6, 6.07) is 2.82. The summed E-state index contributed by atoms with van der Waals surface area (Å²) in [5.74, 6) is 0. The number of hydrogen-bond donors (Lipinski definition) is 1. The third-order valence-electron chi connectivity index (χ3n) is 2.97. The van der Waals surface area contributed by atoms with Crippen LogP contribution in [0.25, 0.3) is 0 Å². The quantitative estimate of drug-likeness (QED) is 0.918. The summed E-state index contributed by atoms with van der Waals surface area (Å²) in [6.45, 7) is 3.51. The predicted octanol–water partition coefficient (Wildman–Crippen LogP) is 3.12. The molecule has 0 saturated carbocycles. The maximum atomic E-state index is 3.59. The summed E-state index contributed by atoms with van der Waals surface area (Å²) in [5.41, 5.74) is 0. The van der Waals surface area contributed by atoms with Crippen molar-refractivity contribution in [3.05, 3.63) is 20.8 Å². The van der Waals surface area contributed by atoms with Crippen molar-refractivity contribution in [3.63, 3.8) is 0 Å². The van der Waals surface area contributed by atoms with Gasteiger partial charge in [0.25, 0.3) is 0 Å². The Kier molecular flexibility index (Phi) is 6.29. The lowest BCUT2D eigenvalue weighted by Gasteiger charge is -2.32. The minimum absolute atomic E-state index is 0. The van der Waals surface area contributed by atoms with E-state index in [1.807, 2.05) is 11.3 Å². The van der Waals surface area contributed by atoms with Crippen LogP contribution in [0.5, 0.6) is 0 Å². The average Bonchev–Trinajstić information content (AvgIpc) is 2.65. The van der Waals surface area contributed by atoms with Crippen LogP contribution in [0.4, 0.5) is 0 Å². The van der Waals surface area contributed by atoms with Crippen molar-refractivity contribution in [2.75, 3.05) is 20.1 Å². The number of likely N-dealkylation sites (N-methyl/N-ethyl adjacent to an activating group) is 1. The minimum atomic E-state index is 0. The number of piperidine rings is 1. The fourth-order valence-electron chi connectivity index (χ4n) is 2.08. The molecule has 16 heavy (non-hydrogen) atoms. The lowest BCUT2D eigenvalue weighted by atomic mass is 10.1. The molecule has 0 bridgehead atoms. The van der Waals surface area contributed by atoms with Crippen LogP contribution in [0.1, 0.15) is 17.7 Å². The Morgan fingerprint density at radius 1 is 1.62 bits per heavy atom. The van der Waals surface area contributed by atoms with E-state index in [1.54, 1.807) is 0 Å². The molecule has 0 radical (unpaired) electrons. The molecule has 1 N–H and O–H groups in total. The topological polar surface area (TPSA) is 15.3 Å². The number of nitrogens with one attached hydrogen (secondary N) is 1. The summed E-state index contributed by atoms with van der Waals surface area (Å²) in [4.78, 5) is 3.99. The fourth-order valence-corrected chi connectivity index (χ4v) is 3.59. The van der Waals surface area contributed by atoms with E-state index in [0.717, 1.165) is 6.54 Å². The van der Waals surface area contributed by atoms with E-state index in [-0.39, 0.29) is 12.4 Å². The highest BCUT2D eigenvalue weighted by Gasteiger charge is 2.19. The molecule has 92 valence electrons. The first-order chi connectivity index (χ1) is 7.29. The van der Waals surface area contributed by atoms with Gasteiger partial charge in [0, 0.05) is 28.5 Å². The van der Waals surface area contributed by atoms with Crippen LogP contribution in [-0.4, -0.2) is 31.1 Å². The molecule has 1 fully saturated rings. The number of rotatable bonds is 3. The van der Waals surface area contributed by atoms with Gasteiger partial charge in [0.2, 0.25) is 0 Å². The molecule has 1 unspecified atom stereocenters. The van der Waals surface area contributed by atoms with Crippen LogP contribution in [0, 0.1) is 0 Å². The lowest BCUT2D eigenvalue weighted by molar-refractivity contribution is 0.189. The Morgan fingerprint density at radius 3 is 3.06 bits per heavy atom. The number of hydrogen-bond acceptors (Lipinski definition) is 3. The Hall–Kier alpha value is 0.390. The number of nitrogens with zero attached hydrogens (tertiary/aromatic N) is 1. The largest absolute Gasteiger partial charge is 0.316 e. The molecule has 2 rings (SSSR count). The van der Waals surface area contributed by atoms with Gasteiger partial charge in [-0.05, 0) is 53.8 Å². The number of thiophene rings is 1. The Balaban J connectivity index is 0.00000128. The van der Waals surface area contributed by atoms with Crippen LogP contribution >= 0.6 is 39.7 Å². The Labute approximate surface area is 116 Å². The van der Waals surface area contributed by atoms with Gasteiger partial charge in [0.1, 0.15) is 0 Å². The van der Waals surface area contributed by atoms with Crippen molar-refractivity contribution < 1.29 is 0 Å². The van der Waals surface area contributed by atoms with Gasteiger partial charge in [-0.25, -0.2) is 0 Å². The molecule has 2 heterocycles. The van der Waals surface area contributed by atoms with Gasteiger partial charge >= 0.3 is 0 Å². The summed E-state index contributed by atoms with van der Waals surface area (Å²) in [7, 11) is 2.06. The molecule has 2 nitrogen and oxygen atoms in total. The smallest absolute Gasteiger partial charge is 0.0339 e. The second-order valence-electron chi connectivity index (χ2n) is 4.05. The van der Waals surface area contributed by atoms with Crippen molar-refractivity contribution in [1.29, 1.82) is 0 Å². The molecular formula is C11H18BrClN2S. The highest BCUT2D eigenvalue weighted by Crippen LogP contribution is 2.25. The third kappa shape index (κ3) is 3.70. The van der Waals surface area contributed by atoms with E-state index >= 15 is 0 Å². The number of likely N-dealkylation sites (tertiary alicyclic amines) is 1. The monoisotopic (exact) mass is 324 g/mol. The predicted molar refractivity (Wildman–Crippen MR) is 76.6 cm³/mol. The molecule has 0 spiro atoms. The van der Waals surface area contributed by atoms with E-state index in [1.165, 1.54) is 35.3 Å². The van der Waals surface area contributed by atoms with E-state index in [2.05, 4.69) is 44.6 Å². The maximum absolute atomic E-state index is 3.59. The van der Waals surface area contributed by atoms with Crippen molar-refractivity contribution in [1.82, 2.24) is 10.2 Å². The Bertz CT molecular complexity index is 319. The molecule has 1 atom stereocenters. The molecule has 1 aromatic heterocycles. The minimum Gasteiger partial charge on any atom is -0.316 e. The molecule has 0 aliphatic carbocycles. The average molecular weight is 326 g/mol. The first kappa shape index (κ1) is 14.5. The molecule has 5 heteroatoms. The van der Waals surface area contributed by atoms with Gasteiger partial charge < -0.3 is 5.32 Å². The van der Waals surface area contributed by atoms with Crippen LogP contribution in [0.15, 0.2) is 15.9 Å². The first-order valence-corrected chi connectivity index (χ1v) is 7.08. The summed E-state index contributed by atoms with van der Waals surface area (Å²) >= 11 is 5.44. The zero-order valence-corrected chi connectivity index (χ0v) is 12.6. The van der Waals surface area contributed by atoms with Crippen LogP contribution in [-0.2, 0) is 6.54 Å². The van der Waals surface area contributed by atoms with Gasteiger partial charge in [0.15, 0.2) is 0 Å². The van der Waals surface area contributed by atoms with E-state index in [4.69, 9.17) is 0 Å². The standard InChI is InChI=1S/C11H17BrN2S.ClH/c1-13-9-3-2-5-14(7-9)8-11-10(12)4-6-15-11;/h4,6,9,13H,2-3,5,7-8H2,1H3;1H. The molecular weight excluding hydrogens is 308 g/mol. The molecule has 1 aliphatic rings. The zero-order valence-electron chi connectivity index (χ0n) is 9.41. The third-order valence-corrected chi connectivity index (χ3v) is 4.88. The van der Waals surface area contributed by atoms with E-state index < -0.39 is 0 Å². The van der Waals surface area contributed by atoms with E-state index in [9.17, 15) is 0 Å². The normalized spacial score (nSPS) is 21.8. The second-order valence-corrected chi connectivity index (χ2v) is 5.91. The van der Waals surface area contributed by atoms with E-state index in [0.29, 0.717) is 6.04 Å². The Morgan fingerprint density at radius 2 is 2.44 bits per heavy atom.